The second kappa shape index (κ2) is 6.63. The van der Waals surface area contributed by atoms with Gasteiger partial charge in [-0.05, 0) is 38.0 Å². The molecule has 0 aliphatic carbocycles. The number of hydrogen-bond donors (Lipinski definition) is 2. The number of methoxy groups -OCH3 is 1. The zero-order valence-corrected chi connectivity index (χ0v) is 13.0. The van der Waals surface area contributed by atoms with E-state index in [0.29, 0.717) is 29.4 Å². The number of benzene rings is 1. The highest BCUT2D eigenvalue weighted by Gasteiger charge is 2.10. The predicted molar refractivity (Wildman–Crippen MR) is 83.0 cm³/mol. The third-order valence-electron chi connectivity index (χ3n) is 3.37. The molecule has 0 radical (unpaired) electrons. The van der Waals surface area contributed by atoms with Gasteiger partial charge in [0.25, 0.3) is 0 Å². The van der Waals surface area contributed by atoms with E-state index < -0.39 is 0 Å². The summed E-state index contributed by atoms with van der Waals surface area (Å²) in [7, 11) is 1.57. The van der Waals surface area contributed by atoms with Gasteiger partial charge in [0.05, 0.1) is 12.1 Å². The summed E-state index contributed by atoms with van der Waals surface area (Å²) in [6.07, 6.45) is 0.978. The molecule has 1 aromatic heterocycles. The van der Waals surface area contributed by atoms with Crippen LogP contribution in [0.5, 0.6) is 5.75 Å². The predicted octanol–water partition coefficient (Wildman–Crippen LogP) is 3.26. The van der Waals surface area contributed by atoms with Crippen molar-refractivity contribution in [1.29, 1.82) is 0 Å². The van der Waals surface area contributed by atoms with E-state index in [1.807, 2.05) is 26.0 Å². The van der Waals surface area contributed by atoms with E-state index in [1.54, 1.807) is 13.2 Å². The lowest BCUT2D eigenvalue weighted by atomic mass is 10.1. The van der Waals surface area contributed by atoms with Crippen molar-refractivity contribution in [2.45, 2.75) is 26.7 Å². The third-order valence-corrected chi connectivity index (χ3v) is 3.66. The highest BCUT2D eigenvalue weighted by Crippen LogP contribution is 2.25. The summed E-state index contributed by atoms with van der Waals surface area (Å²) in [5.41, 5.74) is 2.90. The summed E-state index contributed by atoms with van der Waals surface area (Å²) in [4.78, 5) is 11.9. The number of nitrogens with zero attached hydrogens (tertiary/aromatic N) is 1. The van der Waals surface area contributed by atoms with Crippen molar-refractivity contribution in [2.24, 2.45) is 0 Å². The molecule has 1 aromatic carbocycles. The van der Waals surface area contributed by atoms with Gasteiger partial charge in [0.1, 0.15) is 5.75 Å². The molecule has 0 unspecified atom stereocenters. The zero-order valence-electron chi connectivity index (χ0n) is 12.3. The van der Waals surface area contributed by atoms with Crippen LogP contribution in [-0.2, 0) is 11.2 Å². The van der Waals surface area contributed by atoms with Crippen LogP contribution in [-0.4, -0.2) is 23.2 Å². The van der Waals surface area contributed by atoms with Crippen LogP contribution in [0.1, 0.15) is 23.2 Å². The number of hydrogen-bond acceptors (Lipinski definition) is 3. The molecule has 6 heteroatoms. The molecule has 1 amide bonds. The van der Waals surface area contributed by atoms with Crippen molar-refractivity contribution in [3.05, 3.63) is 40.0 Å². The summed E-state index contributed by atoms with van der Waals surface area (Å²) < 4.78 is 5.10. The molecule has 2 N–H and O–H groups in total. The monoisotopic (exact) mass is 307 g/mol. The number of aromatic amines is 1. The van der Waals surface area contributed by atoms with E-state index in [1.165, 1.54) is 0 Å². The topological polar surface area (TPSA) is 67.0 Å². The van der Waals surface area contributed by atoms with Gasteiger partial charge in [0, 0.05) is 17.7 Å². The largest absolute Gasteiger partial charge is 0.495 e. The van der Waals surface area contributed by atoms with E-state index in [4.69, 9.17) is 16.3 Å². The highest BCUT2D eigenvalue weighted by molar-refractivity contribution is 6.32. The number of ether oxygens (including phenoxy) is 1. The van der Waals surface area contributed by atoms with Gasteiger partial charge in [-0.1, -0.05) is 17.7 Å². The van der Waals surface area contributed by atoms with Gasteiger partial charge < -0.3 is 10.1 Å². The second-order valence-corrected chi connectivity index (χ2v) is 5.25. The molecule has 2 rings (SSSR count). The summed E-state index contributed by atoms with van der Waals surface area (Å²) in [6, 6.07) is 5.52. The Morgan fingerprint density at radius 2 is 2.19 bits per heavy atom. The van der Waals surface area contributed by atoms with E-state index in [2.05, 4.69) is 15.5 Å². The molecule has 0 aliphatic heterocycles. The van der Waals surface area contributed by atoms with Crippen LogP contribution in [0.4, 0.5) is 5.82 Å². The first-order valence-electron chi connectivity index (χ1n) is 6.65. The Hall–Kier alpha value is -2.01. The van der Waals surface area contributed by atoms with E-state index >= 15 is 0 Å². The summed E-state index contributed by atoms with van der Waals surface area (Å²) in [5, 5.41) is 10.2. The number of carbonyl (C=O) groups excluding carboxylic acids is 1. The number of amides is 1. The van der Waals surface area contributed by atoms with Gasteiger partial charge in [-0.15, -0.1) is 0 Å². The molecular formula is C15H18ClN3O2. The van der Waals surface area contributed by atoms with Gasteiger partial charge in [-0.2, -0.15) is 5.10 Å². The van der Waals surface area contributed by atoms with Crippen LogP contribution < -0.4 is 10.1 Å². The Kier molecular flexibility index (Phi) is 4.85. The summed E-state index contributed by atoms with van der Waals surface area (Å²) >= 11 is 6.06. The number of H-pyrrole nitrogens is 1. The maximum absolute atomic E-state index is 11.9. The molecule has 0 fully saturated rings. The molecule has 0 saturated carbocycles. The van der Waals surface area contributed by atoms with E-state index in [9.17, 15) is 4.79 Å². The first-order chi connectivity index (χ1) is 10.0. The average Bonchev–Trinajstić information content (AvgIpc) is 2.77. The molecule has 0 saturated heterocycles. The van der Waals surface area contributed by atoms with E-state index in [-0.39, 0.29) is 5.91 Å². The normalized spacial score (nSPS) is 10.5. The zero-order chi connectivity index (χ0) is 15.4. The Balaban J connectivity index is 1.92. The van der Waals surface area contributed by atoms with E-state index in [0.717, 1.165) is 16.8 Å². The minimum Gasteiger partial charge on any atom is -0.495 e. The fourth-order valence-electron chi connectivity index (χ4n) is 1.92. The minimum atomic E-state index is -0.0726. The highest BCUT2D eigenvalue weighted by atomic mass is 35.5. The molecule has 1 heterocycles. The molecule has 21 heavy (non-hydrogen) atoms. The van der Waals surface area contributed by atoms with Crippen molar-refractivity contribution >= 4 is 23.3 Å². The lowest BCUT2D eigenvalue weighted by Crippen LogP contribution is -2.13. The first kappa shape index (κ1) is 15.4. The average molecular weight is 308 g/mol. The quantitative estimate of drug-likeness (QED) is 0.891. The van der Waals surface area contributed by atoms with Gasteiger partial charge >= 0.3 is 0 Å². The second-order valence-electron chi connectivity index (χ2n) is 4.84. The number of anilines is 1. The first-order valence-corrected chi connectivity index (χ1v) is 7.03. The molecule has 5 nitrogen and oxygen atoms in total. The molecule has 0 spiro atoms. The van der Waals surface area contributed by atoms with Crippen molar-refractivity contribution in [1.82, 2.24) is 10.2 Å². The van der Waals surface area contributed by atoms with Crippen molar-refractivity contribution in [3.8, 4) is 5.75 Å². The van der Waals surface area contributed by atoms with Crippen LogP contribution in [0.25, 0.3) is 0 Å². The lowest BCUT2D eigenvalue weighted by molar-refractivity contribution is -0.116. The number of aryl methyl sites for hydroxylation is 2. The van der Waals surface area contributed by atoms with Gasteiger partial charge in [0.15, 0.2) is 5.82 Å². The van der Waals surface area contributed by atoms with Crippen molar-refractivity contribution in [2.75, 3.05) is 12.4 Å². The Bertz CT molecular complexity index is 652. The number of carbonyl (C=O) groups is 1. The van der Waals surface area contributed by atoms with Crippen LogP contribution in [0.3, 0.4) is 0 Å². The van der Waals surface area contributed by atoms with Crippen molar-refractivity contribution in [3.63, 3.8) is 0 Å². The standard InChI is InChI=1S/C15H18ClN3O2/c1-9-10(2)18-19-15(9)17-14(20)7-5-11-4-6-13(21-3)12(16)8-11/h4,6,8H,5,7H2,1-3H3,(H2,17,18,19,20). The molecule has 0 atom stereocenters. The minimum absolute atomic E-state index is 0.0726. The number of halogens is 1. The number of nitrogens with one attached hydrogen (secondary N) is 2. The molecular weight excluding hydrogens is 290 g/mol. The molecule has 2 aromatic rings. The third kappa shape index (κ3) is 3.76. The van der Waals surface area contributed by atoms with Crippen LogP contribution >= 0.6 is 11.6 Å². The molecule has 0 aliphatic rings. The maximum Gasteiger partial charge on any atom is 0.225 e. The SMILES string of the molecule is COc1ccc(CCC(=O)Nc2n[nH]c(C)c2C)cc1Cl. The Morgan fingerprint density at radius 1 is 1.43 bits per heavy atom. The fraction of sp³-hybridized carbons (Fsp3) is 0.333. The Morgan fingerprint density at radius 3 is 2.76 bits per heavy atom. The van der Waals surface area contributed by atoms with Gasteiger partial charge in [-0.3, -0.25) is 9.89 Å². The van der Waals surface area contributed by atoms with Crippen LogP contribution in [0.15, 0.2) is 18.2 Å². The summed E-state index contributed by atoms with van der Waals surface area (Å²) in [5.74, 6) is 1.15. The van der Waals surface area contributed by atoms with Gasteiger partial charge in [0.2, 0.25) is 5.91 Å². The maximum atomic E-state index is 11.9. The Labute approximate surface area is 128 Å². The summed E-state index contributed by atoms with van der Waals surface area (Å²) in [6.45, 7) is 3.83. The fourth-order valence-corrected chi connectivity index (χ4v) is 2.20. The number of aromatic nitrogens is 2. The van der Waals surface area contributed by atoms with Crippen LogP contribution in [0.2, 0.25) is 5.02 Å². The smallest absolute Gasteiger partial charge is 0.225 e. The lowest BCUT2D eigenvalue weighted by Gasteiger charge is -2.06. The van der Waals surface area contributed by atoms with Crippen molar-refractivity contribution < 1.29 is 9.53 Å². The van der Waals surface area contributed by atoms with Gasteiger partial charge in [-0.25, -0.2) is 0 Å². The number of rotatable bonds is 5. The molecule has 112 valence electrons. The molecule has 0 bridgehead atoms. The van der Waals surface area contributed by atoms with Crippen LogP contribution in [0, 0.1) is 13.8 Å².